The second-order valence-corrected chi connectivity index (χ2v) is 9.55. The molecular weight excluding hydrogens is 399 g/mol. The zero-order chi connectivity index (χ0) is 20.0. The second-order valence-electron chi connectivity index (χ2n) is 6.56. The Bertz CT molecular complexity index is 889. The zero-order valence-electron chi connectivity index (χ0n) is 15.4. The number of thioether (sulfide) groups is 1. The van der Waals surface area contributed by atoms with Crippen molar-refractivity contribution in [3.63, 3.8) is 0 Å². The quantitative estimate of drug-likeness (QED) is 0.664. The van der Waals surface area contributed by atoms with Gasteiger partial charge in [0.2, 0.25) is 15.9 Å². The van der Waals surface area contributed by atoms with Crippen LogP contribution in [0.4, 0.5) is 4.39 Å². The van der Waals surface area contributed by atoms with Crippen LogP contribution in [0.25, 0.3) is 0 Å². The number of nitrogens with one attached hydrogen (secondary N) is 1. The van der Waals surface area contributed by atoms with Crippen molar-refractivity contribution >= 4 is 27.7 Å². The van der Waals surface area contributed by atoms with Crippen LogP contribution < -0.4 is 5.32 Å². The minimum Gasteiger partial charge on any atom is -0.354 e. The number of benzene rings is 2. The molecule has 3 rings (SSSR count). The molecule has 0 saturated carbocycles. The van der Waals surface area contributed by atoms with E-state index in [1.165, 1.54) is 22.0 Å². The Balaban J connectivity index is 1.52. The zero-order valence-corrected chi connectivity index (χ0v) is 17.0. The van der Waals surface area contributed by atoms with Crippen molar-refractivity contribution in [3.05, 3.63) is 66.0 Å². The molecule has 0 spiro atoms. The van der Waals surface area contributed by atoms with Gasteiger partial charge in [0.05, 0.1) is 4.90 Å². The van der Waals surface area contributed by atoms with E-state index >= 15 is 0 Å². The highest BCUT2D eigenvalue weighted by Gasteiger charge is 2.39. The Morgan fingerprint density at radius 2 is 1.86 bits per heavy atom. The number of halogens is 1. The lowest BCUT2D eigenvalue weighted by Gasteiger charge is -2.23. The summed E-state index contributed by atoms with van der Waals surface area (Å²) in [4.78, 5) is 12.5. The molecule has 2 aromatic carbocycles. The van der Waals surface area contributed by atoms with Crippen molar-refractivity contribution in [2.24, 2.45) is 0 Å². The average Bonchev–Trinajstić information content (AvgIpc) is 3.20. The number of rotatable bonds is 8. The number of hydrogen-bond donors (Lipinski definition) is 1. The largest absolute Gasteiger partial charge is 0.354 e. The molecule has 1 N–H and O–H groups in total. The molecule has 1 fully saturated rings. The van der Waals surface area contributed by atoms with Crippen LogP contribution >= 0.6 is 11.8 Å². The molecule has 1 aliphatic rings. The highest BCUT2D eigenvalue weighted by Crippen LogP contribution is 2.26. The van der Waals surface area contributed by atoms with Gasteiger partial charge in [-0.2, -0.15) is 16.1 Å². The number of hydrogen-bond acceptors (Lipinski definition) is 4. The molecule has 1 heterocycles. The van der Waals surface area contributed by atoms with E-state index in [2.05, 4.69) is 17.4 Å². The lowest BCUT2D eigenvalue weighted by Crippen LogP contribution is -2.46. The summed E-state index contributed by atoms with van der Waals surface area (Å²) in [6.45, 7) is 0.776. The molecule has 8 heteroatoms. The van der Waals surface area contributed by atoms with Gasteiger partial charge in [0.1, 0.15) is 11.9 Å². The van der Waals surface area contributed by atoms with E-state index in [1.807, 2.05) is 18.2 Å². The Morgan fingerprint density at radius 1 is 1.14 bits per heavy atom. The van der Waals surface area contributed by atoms with E-state index in [-0.39, 0.29) is 10.8 Å². The minimum absolute atomic E-state index is 0.00650. The fourth-order valence-corrected chi connectivity index (χ4v) is 5.64. The summed E-state index contributed by atoms with van der Waals surface area (Å²) in [7, 11) is -3.82. The van der Waals surface area contributed by atoms with Gasteiger partial charge in [0.15, 0.2) is 0 Å². The molecule has 0 bridgehead atoms. The summed E-state index contributed by atoms with van der Waals surface area (Å²) in [5.74, 6) is 0.842. The lowest BCUT2D eigenvalue weighted by molar-refractivity contribution is -0.124. The molecule has 1 saturated heterocycles. The van der Waals surface area contributed by atoms with Crippen LogP contribution in [0.1, 0.15) is 18.4 Å². The molecule has 0 radical (unpaired) electrons. The van der Waals surface area contributed by atoms with Crippen LogP contribution in [0.3, 0.4) is 0 Å². The third-order valence-corrected chi connectivity index (χ3v) is 7.54. The summed E-state index contributed by atoms with van der Waals surface area (Å²) in [5, 5.41) is 2.85. The Labute approximate surface area is 169 Å². The maximum absolute atomic E-state index is 13.1. The molecule has 1 aliphatic heterocycles. The van der Waals surface area contributed by atoms with Gasteiger partial charge in [-0.05, 0) is 42.7 Å². The first kappa shape index (κ1) is 20.8. The molecule has 150 valence electrons. The smallest absolute Gasteiger partial charge is 0.243 e. The van der Waals surface area contributed by atoms with Gasteiger partial charge in [-0.1, -0.05) is 30.3 Å². The second kappa shape index (κ2) is 9.54. The van der Waals surface area contributed by atoms with Gasteiger partial charge >= 0.3 is 0 Å². The summed E-state index contributed by atoms with van der Waals surface area (Å²) in [6.07, 6.45) is 1.12. The molecule has 0 unspecified atom stereocenters. The van der Waals surface area contributed by atoms with E-state index in [4.69, 9.17) is 0 Å². The monoisotopic (exact) mass is 422 g/mol. The van der Waals surface area contributed by atoms with E-state index in [0.29, 0.717) is 25.9 Å². The van der Waals surface area contributed by atoms with Gasteiger partial charge in [-0.15, -0.1) is 0 Å². The van der Waals surface area contributed by atoms with Crippen molar-refractivity contribution in [1.82, 2.24) is 9.62 Å². The third kappa shape index (κ3) is 5.12. The standard InChI is InChI=1S/C20H23FN2O3S2/c21-17-8-10-18(11-9-17)28(25,26)23-13-4-7-19(23)20(24)22-12-14-27-15-16-5-2-1-3-6-16/h1-3,5-6,8-11,19H,4,7,12-15H2,(H,22,24)/t19-/m0/s1. The first-order chi connectivity index (χ1) is 13.5. The fraction of sp³-hybridized carbons (Fsp3) is 0.350. The van der Waals surface area contributed by atoms with Crippen LogP contribution in [0.15, 0.2) is 59.5 Å². The van der Waals surface area contributed by atoms with Crippen LogP contribution in [0, 0.1) is 5.82 Å². The Kier molecular flexibility index (Phi) is 7.09. The molecule has 5 nitrogen and oxygen atoms in total. The predicted octanol–water partition coefficient (Wildman–Crippen LogP) is 3.03. The lowest BCUT2D eigenvalue weighted by atomic mass is 10.2. The van der Waals surface area contributed by atoms with Crippen molar-refractivity contribution in [2.45, 2.75) is 29.5 Å². The van der Waals surface area contributed by atoms with Crippen molar-refractivity contribution in [3.8, 4) is 0 Å². The summed E-state index contributed by atoms with van der Waals surface area (Å²) in [5.41, 5.74) is 1.23. The molecule has 1 atom stereocenters. The van der Waals surface area contributed by atoms with Crippen molar-refractivity contribution < 1.29 is 17.6 Å². The Morgan fingerprint density at radius 3 is 2.57 bits per heavy atom. The predicted molar refractivity (Wildman–Crippen MR) is 109 cm³/mol. The van der Waals surface area contributed by atoms with Gasteiger partial charge in [0.25, 0.3) is 0 Å². The van der Waals surface area contributed by atoms with E-state index in [9.17, 15) is 17.6 Å². The topological polar surface area (TPSA) is 66.5 Å². The van der Waals surface area contributed by atoms with Gasteiger partial charge in [-0.3, -0.25) is 4.79 Å². The first-order valence-electron chi connectivity index (χ1n) is 9.15. The van der Waals surface area contributed by atoms with Gasteiger partial charge in [0, 0.05) is 24.6 Å². The summed E-state index contributed by atoms with van der Waals surface area (Å²) in [6, 6.07) is 14.1. The molecule has 28 heavy (non-hydrogen) atoms. The summed E-state index contributed by atoms with van der Waals surface area (Å²) >= 11 is 1.71. The average molecular weight is 423 g/mol. The van der Waals surface area contributed by atoms with Crippen molar-refractivity contribution in [1.29, 1.82) is 0 Å². The number of carbonyl (C=O) groups is 1. The normalized spacial score (nSPS) is 17.5. The molecule has 0 aliphatic carbocycles. The molecule has 0 aromatic heterocycles. The fourth-order valence-electron chi connectivity index (χ4n) is 3.16. The van der Waals surface area contributed by atoms with Gasteiger partial charge in [-0.25, -0.2) is 12.8 Å². The number of amides is 1. The van der Waals surface area contributed by atoms with Gasteiger partial charge < -0.3 is 5.32 Å². The van der Waals surface area contributed by atoms with E-state index in [0.717, 1.165) is 23.6 Å². The highest BCUT2D eigenvalue weighted by molar-refractivity contribution is 7.98. The van der Waals surface area contributed by atoms with Crippen LogP contribution in [-0.2, 0) is 20.6 Å². The maximum atomic E-state index is 13.1. The van der Waals surface area contributed by atoms with Crippen LogP contribution in [0.2, 0.25) is 0 Å². The number of nitrogens with zero attached hydrogens (tertiary/aromatic N) is 1. The first-order valence-corrected chi connectivity index (χ1v) is 11.7. The SMILES string of the molecule is O=C(NCCSCc1ccccc1)[C@@H]1CCCN1S(=O)(=O)c1ccc(F)cc1. The summed E-state index contributed by atoms with van der Waals surface area (Å²) < 4.78 is 39.9. The van der Waals surface area contributed by atoms with Crippen LogP contribution in [-0.4, -0.2) is 43.5 Å². The van der Waals surface area contributed by atoms with E-state index < -0.39 is 21.9 Å². The number of sulfonamides is 1. The van der Waals surface area contributed by atoms with Crippen LogP contribution in [0.5, 0.6) is 0 Å². The Hall–Kier alpha value is -1.90. The molecule has 2 aromatic rings. The minimum atomic E-state index is -3.82. The van der Waals surface area contributed by atoms with Crippen molar-refractivity contribution in [2.75, 3.05) is 18.8 Å². The third-order valence-electron chi connectivity index (χ3n) is 4.58. The van der Waals surface area contributed by atoms with E-state index in [1.54, 1.807) is 11.8 Å². The molecule has 1 amide bonds. The highest BCUT2D eigenvalue weighted by atomic mass is 32.2. The molecular formula is C20H23FN2O3S2. The number of carbonyl (C=O) groups excluding carboxylic acids is 1. The maximum Gasteiger partial charge on any atom is 0.243 e.